The van der Waals surface area contributed by atoms with Crippen molar-refractivity contribution in [2.24, 2.45) is 0 Å². The van der Waals surface area contributed by atoms with Gasteiger partial charge < -0.3 is 4.42 Å². The van der Waals surface area contributed by atoms with Crippen molar-refractivity contribution in [2.45, 2.75) is 25.2 Å². The second-order valence-corrected chi connectivity index (χ2v) is 11.9. The van der Waals surface area contributed by atoms with Crippen LogP contribution in [0.15, 0.2) is 138 Å². The number of nitrogens with zero attached hydrogens (tertiary/aromatic N) is 1. The van der Waals surface area contributed by atoms with Crippen molar-refractivity contribution in [1.29, 1.82) is 0 Å². The van der Waals surface area contributed by atoms with Crippen LogP contribution < -0.4 is 0 Å². The van der Waals surface area contributed by atoms with E-state index in [4.69, 9.17) is 9.40 Å². The average molecular weight is 552 g/mol. The smallest absolute Gasteiger partial charge is 0.227 e. The third-order valence-electron chi connectivity index (χ3n) is 9.80. The largest absolute Gasteiger partial charge is 0.436 e. The number of fused-ring (bicyclic) bond motifs is 7. The molecule has 2 atom stereocenters. The fraction of sp³-hybridized carbons (Fsp3) is 0.0976. The predicted octanol–water partition coefficient (Wildman–Crippen LogP) is 10.3. The summed E-state index contributed by atoms with van der Waals surface area (Å²) in [7, 11) is 0. The van der Waals surface area contributed by atoms with Crippen LogP contribution in [0, 0.1) is 6.92 Å². The lowest BCUT2D eigenvalue weighted by Gasteiger charge is -2.37. The Morgan fingerprint density at radius 1 is 0.581 bits per heavy atom. The van der Waals surface area contributed by atoms with Gasteiger partial charge in [-0.25, -0.2) is 4.98 Å². The number of rotatable bonds is 3. The molecule has 0 radical (unpaired) electrons. The fourth-order valence-corrected chi connectivity index (χ4v) is 8.00. The minimum atomic E-state index is -0.473. The Bertz CT molecular complexity index is 2200. The summed E-state index contributed by atoms with van der Waals surface area (Å²) in [5.41, 5.74) is 16.8. The second-order valence-electron chi connectivity index (χ2n) is 11.9. The number of aryl methyl sites for hydroxylation is 1. The maximum Gasteiger partial charge on any atom is 0.227 e. The summed E-state index contributed by atoms with van der Waals surface area (Å²) in [4.78, 5) is 4.84. The highest BCUT2D eigenvalue weighted by Crippen LogP contribution is 2.60. The topological polar surface area (TPSA) is 26.0 Å². The Hall–Kier alpha value is -5.21. The average Bonchev–Trinajstić information content (AvgIpc) is 3.71. The Morgan fingerprint density at radius 2 is 1.26 bits per heavy atom. The van der Waals surface area contributed by atoms with Crippen LogP contribution in [0.1, 0.15) is 51.8 Å². The van der Waals surface area contributed by atoms with Gasteiger partial charge in [0.1, 0.15) is 5.52 Å². The van der Waals surface area contributed by atoms with E-state index in [0.29, 0.717) is 11.8 Å². The zero-order valence-corrected chi connectivity index (χ0v) is 24.1. The molecule has 6 aromatic carbocycles. The lowest BCUT2D eigenvalue weighted by Crippen LogP contribution is -2.31. The monoisotopic (exact) mass is 551 g/mol. The van der Waals surface area contributed by atoms with Crippen LogP contribution in [0.5, 0.6) is 0 Å². The lowest BCUT2D eigenvalue weighted by atomic mass is 9.64. The van der Waals surface area contributed by atoms with Crippen LogP contribution >= 0.6 is 0 Å². The number of benzene rings is 6. The molecule has 0 N–H and O–H groups in total. The zero-order chi connectivity index (χ0) is 28.7. The Morgan fingerprint density at radius 3 is 2.12 bits per heavy atom. The summed E-state index contributed by atoms with van der Waals surface area (Å²) in [6.45, 7) is 4.63. The van der Waals surface area contributed by atoms with E-state index < -0.39 is 5.41 Å². The summed E-state index contributed by atoms with van der Waals surface area (Å²) in [6.07, 6.45) is 0. The first-order valence-corrected chi connectivity index (χ1v) is 15.1. The lowest BCUT2D eigenvalue weighted by molar-refractivity contribution is 0.620. The van der Waals surface area contributed by atoms with E-state index in [9.17, 15) is 0 Å². The van der Waals surface area contributed by atoms with Gasteiger partial charge in [-0.1, -0.05) is 116 Å². The van der Waals surface area contributed by atoms with Crippen LogP contribution in [-0.4, -0.2) is 4.98 Å². The number of para-hydroxylation sites is 2. The van der Waals surface area contributed by atoms with Gasteiger partial charge in [-0.3, -0.25) is 0 Å². The SMILES string of the molecule is Cc1ccccc1C1(c2cccc3c2C(C)c2ccccc2-3)c2ccccc2-c2cc(-c3nc4ccccc4o3)ccc21. The first-order valence-electron chi connectivity index (χ1n) is 15.1. The molecule has 9 rings (SSSR count). The molecule has 1 heterocycles. The standard InChI is InChI=1S/C41H29NO/c1-25-12-3-7-17-33(25)41(36-19-11-16-31-29-14-5-4-13-28(29)26(2)39(31)36)34-18-8-6-15-30(34)32-24-27(22-23-35(32)41)40-42-37-20-9-10-21-38(37)43-40/h3-24,26H,1-2H3. The highest BCUT2D eigenvalue weighted by atomic mass is 16.3. The molecule has 43 heavy (non-hydrogen) atoms. The van der Waals surface area contributed by atoms with Crippen molar-refractivity contribution in [3.8, 4) is 33.7 Å². The highest BCUT2D eigenvalue weighted by Gasteiger charge is 2.49. The highest BCUT2D eigenvalue weighted by molar-refractivity contribution is 5.91. The molecule has 0 saturated carbocycles. The van der Waals surface area contributed by atoms with E-state index >= 15 is 0 Å². The molecule has 2 nitrogen and oxygen atoms in total. The van der Waals surface area contributed by atoms with Gasteiger partial charge in [0.15, 0.2) is 5.58 Å². The van der Waals surface area contributed by atoms with E-state index in [-0.39, 0.29) is 0 Å². The normalized spacial score (nSPS) is 17.9. The van der Waals surface area contributed by atoms with Crippen molar-refractivity contribution >= 4 is 11.1 Å². The van der Waals surface area contributed by atoms with Gasteiger partial charge in [0.25, 0.3) is 0 Å². The van der Waals surface area contributed by atoms with Crippen molar-refractivity contribution in [3.63, 3.8) is 0 Å². The second kappa shape index (κ2) is 8.89. The number of hydrogen-bond donors (Lipinski definition) is 0. The van der Waals surface area contributed by atoms with Crippen LogP contribution in [0.2, 0.25) is 0 Å². The summed E-state index contributed by atoms with van der Waals surface area (Å²) >= 11 is 0. The van der Waals surface area contributed by atoms with Gasteiger partial charge in [-0.15, -0.1) is 0 Å². The summed E-state index contributed by atoms with van der Waals surface area (Å²) in [6, 6.07) is 48.6. The molecule has 7 aromatic rings. The third kappa shape index (κ3) is 3.21. The first-order chi connectivity index (χ1) is 21.2. The molecule has 0 fully saturated rings. The summed E-state index contributed by atoms with van der Waals surface area (Å²) in [5, 5.41) is 0. The Labute approximate surface area is 251 Å². The van der Waals surface area contributed by atoms with Gasteiger partial charge in [-0.05, 0) is 92.4 Å². The molecular formula is C41H29NO. The molecule has 0 bridgehead atoms. The molecule has 2 unspecified atom stereocenters. The van der Waals surface area contributed by atoms with Crippen LogP contribution in [-0.2, 0) is 5.41 Å². The van der Waals surface area contributed by atoms with Gasteiger partial charge in [0.05, 0.1) is 5.41 Å². The van der Waals surface area contributed by atoms with E-state index in [1.165, 1.54) is 61.2 Å². The van der Waals surface area contributed by atoms with Crippen LogP contribution in [0.4, 0.5) is 0 Å². The molecule has 2 heteroatoms. The van der Waals surface area contributed by atoms with E-state index in [2.05, 4.69) is 123 Å². The number of aromatic nitrogens is 1. The molecule has 2 aliphatic rings. The van der Waals surface area contributed by atoms with Gasteiger partial charge in [0, 0.05) is 11.5 Å². The fourth-order valence-electron chi connectivity index (χ4n) is 8.00. The molecule has 1 aromatic heterocycles. The Balaban J connectivity index is 1.38. The zero-order valence-electron chi connectivity index (χ0n) is 24.1. The minimum absolute atomic E-state index is 0.290. The summed E-state index contributed by atoms with van der Waals surface area (Å²) < 4.78 is 6.24. The van der Waals surface area contributed by atoms with Crippen molar-refractivity contribution < 1.29 is 4.42 Å². The van der Waals surface area contributed by atoms with Crippen molar-refractivity contribution in [1.82, 2.24) is 4.98 Å². The number of oxazole rings is 1. The third-order valence-corrected chi connectivity index (χ3v) is 9.80. The van der Waals surface area contributed by atoms with Crippen molar-refractivity contribution in [2.75, 3.05) is 0 Å². The van der Waals surface area contributed by atoms with Crippen LogP contribution in [0.3, 0.4) is 0 Å². The van der Waals surface area contributed by atoms with Gasteiger partial charge in [0.2, 0.25) is 5.89 Å². The van der Waals surface area contributed by atoms with Crippen molar-refractivity contribution in [3.05, 3.63) is 172 Å². The molecule has 0 amide bonds. The minimum Gasteiger partial charge on any atom is -0.436 e. The molecule has 2 aliphatic carbocycles. The van der Waals surface area contributed by atoms with E-state index in [1.54, 1.807) is 0 Å². The molecule has 0 aliphatic heterocycles. The number of hydrogen-bond acceptors (Lipinski definition) is 2. The van der Waals surface area contributed by atoms with Crippen LogP contribution in [0.25, 0.3) is 44.8 Å². The van der Waals surface area contributed by atoms with E-state index in [0.717, 1.165) is 16.7 Å². The quantitative estimate of drug-likeness (QED) is 0.218. The summed E-state index contributed by atoms with van der Waals surface area (Å²) in [5.74, 6) is 0.943. The Kier molecular flexibility index (Phi) is 5.05. The maximum atomic E-state index is 6.24. The molecule has 0 saturated heterocycles. The van der Waals surface area contributed by atoms with Gasteiger partial charge >= 0.3 is 0 Å². The molecule has 0 spiro atoms. The first kappa shape index (κ1) is 24.4. The predicted molar refractivity (Wildman–Crippen MR) is 174 cm³/mol. The van der Waals surface area contributed by atoms with E-state index in [1.807, 2.05) is 24.3 Å². The molecule has 204 valence electrons. The van der Waals surface area contributed by atoms with Gasteiger partial charge in [-0.2, -0.15) is 0 Å². The molecular weight excluding hydrogens is 522 g/mol. The maximum absolute atomic E-state index is 6.24.